The van der Waals surface area contributed by atoms with E-state index in [1.807, 2.05) is 13.8 Å². The lowest BCUT2D eigenvalue weighted by Crippen LogP contribution is -2.48. The molecular formula is C36H60N6O13P2Si2. The average Bonchev–Trinajstić information content (AvgIpc) is 3.75. The Morgan fingerprint density at radius 3 is 2.02 bits per heavy atom. The number of hydrogen-bond donors (Lipinski definition) is 1. The Morgan fingerprint density at radius 2 is 1.44 bits per heavy atom. The first-order chi connectivity index (χ1) is 27.0. The maximum absolute atomic E-state index is 13.8. The van der Waals surface area contributed by atoms with E-state index < -0.39 is 79.8 Å². The molecule has 0 bridgehead atoms. The molecule has 2 aliphatic rings. The summed E-state index contributed by atoms with van der Waals surface area (Å²) >= 11 is 0. The number of ether oxygens (including phenoxy) is 3. The van der Waals surface area contributed by atoms with Gasteiger partial charge in [0, 0.05) is 37.3 Å². The van der Waals surface area contributed by atoms with Crippen molar-refractivity contribution in [3.05, 3.63) is 47.0 Å². The van der Waals surface area contributed by atoms with Gasteiger partial charge in [0.15, 0.2) is 40.6 Å². The molecule has 2 N–H and O–H groups in total. The Balaban J connectivity index is 1.28. The quantitative estimate of drug-likeness (QED) is 0.0466. The number of rotatable bonds is 16. The Morgan fingerprint density at radius 1 is 0.864 bits per heavy atom. The standard InChI is InChI=1S/C36H60N6O13P2Si2/c1-22-28(52-58(11,12)35(3,4)5)26(49-33(22)48-25-17-15-24(16-18-25)42(43)44)19-47-56(9,45)55-57(10,46)54-51-34-23(2)29(53-59(13,14)36(6,7)8)32(50-34)41-21-40-27-30(37)38-20-39-31(27)41/h15-18,20-23,26,28-29,32-34H,19H2,1-14H3,(H2,37,38,39)/t22?,23?,26-,28+,29-,32-,33+,34-,56?,57?/m1/s1. The molecule has 2 saturated heterocycles. The Kier molecular flexibility index (Phi) is 13.9. The second-order valence-corrected chi connectivity index (χ2v) is 32.0. The number of non-ortho nitro benzene ring substituents is 1. The SMILES string of the molecule is CC1[C@@H](OOP(C)(=O)OP(C)(=O)OC[C@H]2O[C@H](Oc3ccc([N+](=O)[O-])cc3)C(C)[C@@H]2O[Si](C)(C)C(C)(C)C)O[C@@H](n2cnc3c(N)ncnc32)[C@@H]1O[Si](C)(C)C(C)(C)C. The molecule has 0 saturated carbocycles. The summed E-state index contributed by atoms with van der Waals surface area (Å²) in [4.78, 5) is 29.1. The molecule has 4 unspecified atom stereocenters. The minimum Gasteiger partial charge on any atom is -0.465 e. The maximum Gasteiger partial charge on any atom is 0.362 e. The van der Waals surface area contributed by atoms with Gasteiger partial charge in [-0.25, -0.2) is 19.3 Å². The Labute approximate surface area is 347 Å². The van der Waals surface area contributed by atoms with E-state index in [1.54, 1.807) is 4.57 Å². The number of nitro groups is 1. The number of nitro benzene ring substituents is 1. The third-order valence-corrected chi connectivity index (χ3v) is 23.9. The molecule has 1 aromatic carbocycles. The smallest absolute Gasteiger partial charge is 0.362 e. The normalized spacial score (nSPS) is 27.8. The molecule has 3 aromatic rings. The maximum atomic E-state index is 13.8. The first kappa shape index (κ1) is 47.4. The molecule has 2 aliphatic heterocycles. The minimum atomic E-state index is -4.24. The van der Waals surface area contributed by atoms with E-state index in [9.17, 15) is 19.2 Å². The summed E-state index contributed by atoms with van der Waals surface area (Å²) in [5, 5.41) is 10.9. The highest BCUT2D eigenvalue weighted by Gasteiger charge is 2.52. The van der Waals surface area contributed by atoms with Crippen molar-refractivity contribution >= 4 is 54.5 Å². The van der Waals surface area contributed by atoms with Crippen LogP contribution in [-0.2, 0) is 45.9 Å². The van der Waals surface area contributed by atoms with Gasteiger partial charge in [0.25, 0.3) is 5.69 Å². The predicted octanol–water partition coefficient (Wildman–Crippen LogP) is 8.66. The summed E-state index contributed by atoms with van der Waals surface area (Å²) < 4.78 is 78.3. The predicted molar refractivity (Wildman–Crippen MR) is 225 cm³/mol. The van der Waals surface area contributed by atoms with Crippen LogP contribution in [0.1, 0.15) is 61.6 Å². The van der Waals surface area contributed by atoms with Gasteiger partial charge in [-0.3, -0.25) is 23.8 Å². The number of anilines is 1. The molecular weight excluding hydrogens is 843 g/mol. The van der Waals surface area contributed by atoms with Gasteiger partial charge in [-0.1, -0.05) is 55.4 Å². The lowest BCUT2D eigenvalue weighted by Gasteiger charge is -2.40. The average molecular weight is 903 g/mol. The van der Waals surface area contributed by atoms with Crippen molar-refractivity contribution in [3.8, 4) is 5.75 Å². The molecule has 2 aromatic heterocycles. The molecule has 19 nitrogen and oxygen atoms in total. The van der Waals surface area contributed by atoms with Crippen LogP contribution in [0, 0.1) is 22.0 Å². The highest BCUT2D eigenvalue weighted by atomic mass is 31.3. The van der Waals surface area contributed by atoms with Crippen LogP contribution in [0.5, 0.6) is 5.75 Å². The number of nitrogen functional groups attached to an aromatic ring is 1. The number of fused-ring (bicyclic) bond motifs is 1. The van der Waals surface area contributed by atoms with Gasteiger partial charge in [0.1, 0.15) is 23.7 Å². The first-order valence-electron chi connectivity index (χ1n) is 19.4. The van der Waals surface area contributed by atoms with Crippen molar-refractivity contribution in [2.45, 2.75) is 129 Å². The number of imidazole rings is 1. The zero-order chi connectivity index (χ0) is 44.1. The summed E-state index contributed by atoms with van der Waals surface area (Å²) in [5.41, 5.74) is 6.81. The van der Waals surface area contributed by atoms with E-state index in [1.165, 1.54) is 43.6 Å². The van der Waals surface area contributed by atoms with Crippen LogP contribution in [-0.4, -0.2) is 91.9 Å². The molecule has 23 heteroatoms. The third-order valence-electron chi connectivity index (χ3n) is 11.6. The molecule has 0 spiro atoms. The van der Waals surface area contributed by atoms with Crippen molar-refractivity contribution in [2.75, 3.05) is 25.7 Å². The summed E-state index contributed by atoms with van der Waals surface area (Å²) in [6, 6.07) is 5.65. The zero-order valence-electron chi connectivity index (χ0n) is 36.3. The summed E-state index contributed by atoms with van der Waals surface area (Å²) in [6.45, 7) is 26.9. The summed E-state index contributed by atoms with van der Waals surface area (Å²) in [5.74, 6) is -0.256. The van der Waals surface area contributed by atoms with Crippen LogP contribution in [0.4, 0.5) is 11.5 Å². The molecule has 330 valence electrons. The molecule has 5 rings (SSSR count). The molecule has 4 heterocycles. The topological polar surface area (TPSA) is 230 Å². The van der Waals surface area contributed by atoms with Gasteiger partial charge in [0.05, 0.1) is 30.1 Å². The van der Waals surface area contributed by atoms with E-state index >= 15 is 0 Å². The fraction of sp³-hybridized carbons (Fsp3) is 0.694. The number of aromatic nitrogens is 4. The van der Waals surface area contributed by atoms with Gasteiger partial charge < -0.3 is 33.3 Å². The largest absolute Gasteiger partial charge is 0.465 e. The fourth-order valence-corrected chi connectivity index (χ4v) is 12.0. The lowest BCUT2D eigenvalue weighted by atomic mass is 10.0. The second-order valence-electron chi connectivity index (χ2n) is 18.4. The van der Waals surface area contributed by atoms with E-state index in [4.69, 9.17) is 47.2 Å². The van der Waals surface area contributed by atoms with Crippen LogP contribution < -0.4 is 10.5 Å². The fourth-order valence-electron chi connectivity index (χ4n) is 6.08. The molecule has 0 amide bonds. The van der Waals surface area contributed by atoms with E-state index in [-0.39, 0.29) is 34.1 Å². The van der Waals surface area contributed by atoms with E-state index in [2.05, 4.69) is 82.7 Å². The van der Waals surface area contributed by atoms with Crippen molar-refractivity contribution in [2.24, 2.45) is 11.8 Å². The highest BCUT2D eigenvalue weighted by Crippen LogP contribution is 2.62. The van der Waals surface area contributed by atoms with Crippen LogP contribution >= 0.6 is 15.2 Å². The molecule has 2 fully saturated rings. The van der Waals surface area contributed by atoms with Crippen LogP contribution in [0.25, 0.3) is 11.2 Å². The van der Waals surface area contributed by atoms with Crippen molar-refractivity contribution in [3.63, 3.8) is 0 Å². The van der Waals surface area contributed by atoms with Gasteiger partial charge in [-0.15, -0.1) is 4.67 Å². The number of hydrogen-bond acceptors (Lipinski definition) is 17. The second kappa shape index (κ2) is 17.2. The van der Waals surface area contributed by atoms with E-state index in [0.717, 1.165) is 6.66 Å². The summed E-state index contributed by atoms with van der Waals surface area (Å²) in [7, 11) is -13.1. The molecule has 59 heavy (non-hydrogen) atoms. The van der Waals surface area contributed by atoms with Crippen molar-refractivity contribution in [1.29, 1.82) is 0 Å². The molecule has 10 atom stereocenters. The van der Waals surface area contributed by atoms with Crippen LogP contribution in [0.15, 0.2) is 36.9 Å². The monoisotopic (exact) mass is 902 g/mol. The highest BCUT2D eigenvalue weighted by molar-refractivity contribution is 7.66. The Hall–Kier alpha value is -2.66. The third kappa shape index (κ3) is 10.9. The van der Waals surface area contributed by atoms with Gasteiger partial charge >= 0.3 is 15.2 Å². The number of nitrogens with zero attached hydrogens (tertiary/aromatic N) is 5. The number of benzene rings is 1. The molecule has 0 radical (unpaired) electrons. The summed E-state index contributed by atoms with van der Waals surface area (Å²) in [6.07, 6.45) is -1.80. The van der Waals surface area contributed by atoms with Crippen molar-refractivity contribution in [1.82, 2.24) is 19.5 Å². The van der Waals surface area contributed by atoms with Crippen LogP contribution in [0.2, 0.25) is 36.3 Å². The van der Waals surface area contributed by atoms with Gasteiger partial charge in [-0.05, 0) is 48.4 Å². The minimum absolute atomic E-state index is 0.0801. The van der Waals surface area contributed by atoms with E-state index in [0.29, 0.717) is 16.9 Å². The first-order valence-corrected chi connectivity index (χ1v) is 29.2. The molecule has 0 aliphatic carbocycles. The van der Waals surface area contributed by atoms with Crippen LogP contribution in [0.3, 0.4) is 0 Å². The van der Waals surface area contributed by atoms with Gasteiger partial charge in [-0.2, -0.15) is 4.89 Å². The van der Waals surface area contributed by atoms with Gasteiger partial charge in [0.2, 0.25) is 6.29 Å². The van der Waals surface area contributed by atoms with Crippen molar-refractivity contribution < 1.29 is 55.5 Å². The lowest BCUT2D eigenvalue weighted by molar-refractivity contribution is -0.384. The zero-order valence-corrected chi connectivity index (χ0v) is 40.1. The Bertz CT molecular complexity index is 2060. The number of nitrogens with two attached hydrogens (primary N) is 1.